The van der Waals surface area contributed by atoms with E-state index in [-0.39, 0.29) is 12.1 Å². The third-order valence-electron chi connectivity index (χ3n) is 6.75. The van der Waals surface area contributed by atoms with Crippen LogP contribution >= 0.6 is 0 Å². The number of hydrogen-bond donors (Lipinski definition) is 0. The van der Waals surface area contributed by atoms with Crippen LogP contribution in [0, 0.1) is 0 Å². The van der Waals surface area contributed by atoms with Gasteiger partial charge >= 0.3 is 7.25 Å². The maximum atomic E-state index is 9.75. The zero-order chi connectivity index (χ0) is 30.3. The molecule has 4 aromatic carbocycles. The van der Waals surface area contributed by atoms with E-state index in [9.17, 15) is 17.3 Å². The van der Waals surface area contributed by atoms with E-state index in [0.717, 1.165) is 45.5 Å². The number of nitrogens with zero attached hydrogens (tertiary/aromatic N) is 2. The van der Waals surface area contributed by atoms with E-state index < -0.39 is 7.25 Å². The van der Waals surface area contributed by atoms with E-state index in [1.807, 2.05) is 48.5 Å². The van der Waals surface area contributed by atoms with Crippen molar-refractivity contribution < 1.29 is 40.8 Å². The largest absolute Gasteiger partial charge is 0.673 e. The maximum absolute atomic E-state index is 9.75. The second kappa shape index (κ2) is 13.3. The molecule has 42 heavy (non-hydrogen) atoms. The van der Waals surface area contributed by atoms with Crippen molar-refractivity contribution in [2.45, 2.75) is 12.1 Å². The summed E-state index contributed by atoms with van der Waals surface area (Å²) in [6.45, 7) is 0. The highest BCUT2D eigenvalue weighted by atomic mass is 19.5. The lowest BCUT2D eigenvalue weighted by Gasteiger charge is -2.26. The Morgan fingerprint density at radius 2 is 0.976 bits per heavy atom. The van der Waals surface area contributed by atoms with Crippen LogP contribution in [-0.4, -0.2) is 46.6 Å². The summed E-state index contributed by atoms with van der Waals surface area (Å²) in [6, 6.07) is 32.4. The Labute approximate surface area is 242 Å². The van der Waals surface area contributed by atoms with Crippen LogP contribution in [0.1, 0.15) is 23.2 Å². The Morgan fingerprint density at radius 3 is 1.40 bits per heavy atom. The third kappa shape index (κ3) is 6.62. The van der Waals surface area contributed by atoms with Crippen molar-refractivity contribution >= 4 is 25.0 Å². The zero-order valence-electron chi connectivity index (χ0n) is 23.6. The lowest BCUT2D eigenvalue weighted by molar-refractivity contribution is -0.482. The van der Waals surface area contributed by atoms with Crippen LogP contribution in [0.15, 0.2) is 97.1 Å². The first-order chi connectivity index (χ1) is 20.2. The molecule has 0 bridgehead atoms. The number of halogens is 4. The lowest BCUT2D eigenvalue weighted by atomic mass is 9.92. The van der Waals surface area contributed by atoms with Gasteiger partial charge in [-0.2, -0.15) is 0 Å². The predicted octanol–water partition coefficient (Wildman–Crippen LogP) is 7.70. The monoisotopic (exact) mass is 582 g/mol. The van der Waals surface area contributed by atoms with Gasteiger partial charge in [-0.3, -0.25) is 0 Å². The van der Waals surface area contributed by atoms with Gasteiger partial charge in [0.25, 0.3) is 0 Å². The molecule has 1 aliphatic rings. The average molecular weight is 582 g/mol. The van der Waals surface area contributed by atoms with Gasteiger partial charge in [0, 0.05) is 11.1 Å². The minimum atomic E-state index is -6.00. The minimum Gasteiger partial charge on any atom is -0.492 e. The van der Waals surface area contributed by atoms with Crippen molar-refractivity contribution in [1.29, 1.82) is 0 Å². The smallest absolute Gasteiger partial charge is 0.492 e. The second-order valence-electron chi connectivity index (χ2n) is 9.16. The van der Waals surface area contributed by atoms with Crippen molar-refractivity contribution in [3.8, 4) is 23.0 Å². The Bertz CT molecular complexity index is 1450. The van der Waals surface area contributed by atoms with Crippen molar-refractivity contribution in [2.24, 2.45) is 0 Å². The molecule has 6 nitrogen and oxygen atoms in total. The van der Waals surface area contributed by atoms with Crippen molar-refractivity contribution in [2.75, 3.05) is 33.3 Å². The molecule has 1 heterocycles. The zero-order valence-corrected chi connectivity index (χ0v) is 23.6. The number of anilines is 1. The van der Waals surface area contributed by atoms with Crippen molar-refractivity contribution in [1.82, 2.24) is 0 Å². The first-order valence-corrected chi connectivity index (χ1v) is 13.0. The Hall–Kier alpha value is -4.67. The van der Waals surface area contributed by atoms with E-state index >= 15 is 0 Å². The van der Waals surface area contributed by atoms with E-state index in [0.29, 0.717) is 0 Å². The molecule has 0 N–H and O–H groups in total. The fourth-order valence-electron chi connectivity index (χ4n) is 5.13. The Balaban J connectivity index is 0.000000748. The highest BCUT2D eigenvalue weighted by Gasteiger charge is 2.49. The number of hydrogen-bond acceptors (Lipinski definition) is 5. The average Bonchev–Trinajstić information content (AvgIpc) is 3.39. The summed E-state index contributed by atoms with van der Waals surface area (Å²) in [4.78, 5) is 2.23. The molecule has 0 saturated carbocycles. The molecular weight excluding hydrogens is 551 g/mol. The highest BCUT2D eigenvalue weighted by Crippen LogP contribution is 2.52. The molecule has 4 aromatic rings. The number of rotatable bonds is 8. The molecular formula is C31H31BF4N2O4. The molecule has 0 saturated heterocycles. The van der Waals surface area contributed by atoms with Gasteiger partial charge in [0.05, 0.1) is 28.4 Å². The molecule has 0 aromatic heterocycles. The third-order valence-corrected chi connectivity index (χ3v) is 6.75. The summed E-state index contributed by atoms with van der Waals surface area (Å²) in [6.07, 6.45) is 2.11. The number of methoxy groups -OCH3 is 4. The van der Waals surface area contributed by atoms with Gasteiger partial charge in [-0.15, -0.1) is 0 Å². The summed E-state index contributed by atoms with van der Waals surface area (Å²) in [7, 11) is 0.728. The standard InChI is InChI=1S/C31H31N2O4.BF4/c1-34-24-17-11-18-25(35-2)30(24)32-21-33(31-26(36-3)19-12-20-27(31)37-4)29(23-15-9-6-10-16-23)28(32)22-13-7-5-8-14-22;2-1(3,4)5/h5-21,28-29H,1-4H3;/q+1;-1/t28-,29-;/m0./s1. The predicted molar refractivity (Wildman–Crippen MR) is 156 cm³/mol. The molecule has 5 rings (SSSR count). The lowest BCUT2D eigenvalue weighted by Crippen LogP contribution is -2.27. The van der Waals surface area contributed by atoms with Crippen LogP contribution in [-0.2, 0) is 0 Å². The molecule has 220 valence electrons. The topological polar surface area (TPSA) is 43.2 Å². The number of ether oxygens (including phenoxy) is 4. The van der Waals surface area contributed by atoms with Gasteiger partial charge < -0.3 is 36.2 Å². The van der Waals surface area contributed by atoms with E-state index in [4.69, 9.17) is 18.9 Å². The minimum absolute atomic E-state index is 0.122. The van der Waals surface area contributed by atoms with Gasteiger partial charge in [-0.05, 0) is 24.3 Å². The molecule has 1 aliphatic heterocycles. The summed E-state index contributed by atoms with van der Waals surface area (Å²) in [5.41, 5.74) is 3.99. The van der Waals surface area contributed by atoms with Crippen molar-refractivity contribution in [3.63, 3.8) is 0 Å². The van der Waals surface area contributed by atoms with Crippen LogP contribution in [0.2, 0.25) is 0 Å². The highest BCUT2D eigenvalue weighted by molar-refractivity contribution is 6.50. The van der Waals surface area contributed by atoms with Gasteiger partial charge in [-0.25, -0.2) is 9.48 Å². The fraction of sp³-hybridized carbons (Fsp3) is 0.194. The van der Waals surface area contributed by atoms with Crippen LogP contribution in [0.5, 0.6) is 23.0 Å². The van der Waals surface area contributed by atoms with E-state index in [2.05, 4.69) is 64.3 Å². The van der Waals surface area contributed by atoms with Gasteiger partial charge in [0.15, 0.2) is 35.1 Å². The number of para-hydroxylation sites is 2. The van der Waals surface area contributed by atoms with E-state index in [1.165, 1.54) is 0 Å². The molecule has 0 aliphatic carbocycles. The molecule has 0 amide bonds. The van der Waals surface area contributed by atoms with Crippen molar-refractivity contribution in [3.05, 3.63) is 108 Å². The summed E-state index contributed by atoms with van der Waals surface area (Å²) < 4.78 is 64.6. The molecule has 0 radical (unpaired) electrons. The van der Waals surface area contributed by atoms with E-state index in [1.54, 1.807) is 28.4 Å². The first kappa shape index (κ1) is 30.3. The van der Waals surface area contributed by atoms with Gasteiger partial charge in [0.1, 0.15) is 0 Å². The Kier molecular flexibility index (Phi) is 9.62. The van der Waals surface area contributed by atoms with Crippen LogP contribution < -0.4 is 23.8 Å². The fourth-order valence-corrected chi connectivity index (χ4v) is 5.13. The molecule has 11 heteroatoms. The van der Waals surface area contributed by atoms with Gasteiger partial charge in [-0.1, -0.05) is 72.8 Å². The molecule has 0 spiro atoms. The summed E-state index contributed by atoms with van der Waals surface area (Å²) in [5.74, 6) is 2.88. The number of benzene rings is 4. The van der Waals surface area contributed by atoms with Crippen LogP contribution in [0.4, 0.5) is 28.6 Å². The maximum Gasteiger partial charge on any atom is 0.673 e. The molecule has 2 atom stereocenters. The molecule has 0 fully saturated rings. The SMILES string of the molecule is COc1cccc(OC)c1N1C=[N+](c2c(OC)cccc2OC)[C@@H](c2ccccc2)[C@@H]1c1ccccc1.F[B-](F)(F)F. The first-order valence-electron chi connectivity index (χ1n) is 13.0. The van der Waals surface area contributed by atoms with Crippen LogP contribution in [0.25, 0.3) is 0 Å². The quantitative estimate of drug-likeness (QED) is 0.121. The molecule has 0 unspecified atom stereocenters. The normalized spacial score (nSPS) is 16.2. The Morgan fingerprint density at radius 1 is 0.571 bits per heavy atom. The summed E-state index contributed by atoms with van der Waals surface area (Å²) in [5, 5.41) is 0. The summed E-state index contributed by atoms with van der Waals surface area (Å²) >= 11 is 0. The second-order valence-corrected chi connectivity index (χ2v) is 9.16. The van der Waals surface area contributed by atoms with Crippen LogP contribution in [0.3, 0.4) is 0 Å². The van der Waals surface area contributed by atoms with Gasteiger partial charge in [0.2, 0.25) is 17.7 Å².